The van der Waals surface area contributed by atoms with Crippen LogP contribution in [-0.4, -0.2) is 51.9 Å². The van der Waals surface area contributed by atoms with E-state index in [0.717, 1.165) is 0 Å². The average molecular weight is 312 g/mol. The van der Waals surface area contributed by atoms with Gasteiger partial charge in [-0.25, -0.2) is 9.18 Å². The van der Waals surface area contributed by atoms with Gasteiger partial charge in [-0.3, -0.25) is 0 Å². The Morgan fingerprint density at radius 2 is 2.24 bits per heavy atom. The van der Waals surface area contributed by atoms with E-state index in [1.807, 2.05) is 0 Å². The van der Waals surface area contributed by atoms with Gasteiger partial charge in [-0.05, 0) is 27.2 Å². The molecule has 1 aliphatic heterocycles. The maximum Gasteiger partial charge on any atom is 0.410 e. The lowest BCUT2D eigenvalue weighted by molar-refractivity contribution is -0.0592. The molecule has 1 heterocycles. The molecule has 2 unspecified atom stereocenters. The molecule has 0 aromatic heterocycles. The van der Waals surface area contributed by atoms with Crippen molar-refractivity contribution < 1.29 is 19.0 Å². The molecule has 0 aliphatic carbocycles. The number of rotatable bonds is 1. The van der Waals surface area contributed by atoms with E-state index in [1.54, 1.807) is 20.8 Å². The van der Waals surface area contributed by atoms with Crippen LogP contribution in [0.25, 0.3) is 0 Å². The summed E-state index contributed by atoms with van der Waals surface area (Å²) in [6.45, 7) is 5.45. The van der Waals surface area contributed by atoms with E-state index in [9.17, 15) is 14.3 Å². The number of piperidine rings is 1. The number of carbonyl (C=O) groups is 1. The summed E-state index contributed by atoms with van der Waals surface area (Å²) in [6, 6.07) is 0. The van der Waals surface area contributed by atoms with Crippen molar-refractivity contribution in [3.63, 3.8) is 0 Å². The fourth-order valence-electron chi connectivity index (χ4n) is 1.65. The second-order valence-electron chi connectivity index (χ2n) is 5.37. The molecule has 6 heteroatoms. The highest BCUT2D eigenvalue weighted by Crippen LogP contribution is 2.28. The minimum Gasteiger partial charge on any atom is -0.444 e. The normalized spacial score (nSPS) is 30.2. The first-order valence-electron chi connectivity index (χ1n) is 5.59. The Bertz CT molecular complexity index is 295. The van der Waals surface area contributed by atoms with Crippen LogP contribution in [0.5, 0.6) is 0 Å². The lowest BCUT2D eigenvalue weighted by Gasteiger charge is -2.40. The van der Waals surface area contributed by atoms with Crippen molar-refractivity contribution in [3.8, 4) is 0 Å². The number of likely N-dealkylation sites (tertiary alicyclic amines) is 1. The zero-order chi connectivity index (χ0) is 13.3. The maximum atomic E-state index is 14.2. The number of hydrogen-bond acceptors (Lipinski definition) is 3. The molecule has 0 aromatic carbocycles. The largest absolute Gasteiger partial charge is 0.444 e. The van der Waals surface area contributed by atoms with Crippen LogP contribution in [0.1, 0.15) is 27.2 Å². The number of aliphatic hydroxyl groups is 1. The van der Waals surface area contributed by atoms with Gasteiger partial charge in [0.05, 0.1) is 12.6 Å². The SMILES string of the molecule is CC(C)(C)OC(=O)N1CCC(O)C(F)(CBr)C1. The summed E-state index contributed by atoms with van der Waals surface area (Å²) in [5.74, 6) is 0. The number of amides is 1. The fourth-order valence-corrected chi connectivity index (χ4v) is 2.20. The molecule has 1 rings (SSSR count). The number of ether oxygens (including phenoxy) is 1. The highest BCUT2D eigenvalue weighted by Gasteiger charge is 2.44. The van der Waals surface area contributed by atoms with Crippen LogP contribution in [0.2, 0.25) is 0 Å². The molecule has 0 aromatic rings. The van der Waals surface area contributed by atoms with E-state index in [1.165, 1.54) is 4.90 Å². The highest BCUT2D eigenvalue weighted by molar-refractivity contribution is 9.09. The summed E-state index contributed by atoms with van der Waals surface area (Å²) in [6.07, 6.45) is -1.35. The monoisotopic (exact) mass is 311 g/mol. The Labute approximate surface area is 109 Å². The van der Waals surface area contributed by atoms with Gasteiger partial charge in [0.15, 0.2) is 5.67 Å². The van der Waals surface area contributed by atoms with Gasteiger partial charge in [0.1, 0.15) is 5.60 Å². The van der Waals surface area contributed by atoms with E-state index in [4.69, 9.17) is 4.74 Å². The summed E-state index contributed by atoms with van der Waals surface area (Å²) in [5, 5.41) is 9.58. The van der Waals surface area contributed by atoms with Crippen molar-refractivity contribution in [1.29, 1.82) is 0 Å². The third kappa shape index (κ3) is 3.81. The second-order valence-corrected chi connectivity index (χ2v) is 5.94. The van der Waals surface area contributed by atoms with Crippen LogP contribution in [0.15, 0.2) is 0 Å². The van der Waals surface area contributed by atoms with Crippen LogP contribution in [0, 0.1) is 0 Å². The van der Waals surface area contributed by atoms with Gasteiger partial charge in [0.25, 0.3) is 0 Å². The molecule has 1 saturated heterocycles. The molecule has 1 fully saturated rings. The van der Waals surface area contributed by atoms with Gasteiger partial charge in [-0.15, -0.1) is 0 Å². The van der Waals surface area contributed by atoms with E-state index < -0.39 is 23.5 Å². The Morgan fingerprint density at radius 3 is 2.71 bits per heavy atom. The summed E-state index contributed by atoms with van der Waals surface area (Å²) in [7, 11) is 0. The molecule has 2 atom stereocenters. The van der Waals surface area contributed by atoms with Crippen LogP contribution < -0.4 is 0 Å². The number of nitrogens with zero attached hydrogens (tertiary/aromatic N) is 1. The van der Waals surface area contributed by atoms with E-state index >= 15 is 0 Å². The topological polar surface area (TPSA) is 49.8 Å². The van der Waals surface area contributed by atoms with Gasteiger partial charge in [-0.2, -0.15) is 0 Å². The fraction of sp³-hybridized carbons (Fsp3) is 0.909. The minimum absolute atomic E-state index is 0.000461. The third-order valence-electron chi connectivity index (χ3n) is 2.60. The molecular formula is C11H19BrFNO3. The van der Waals surface area contributed by atoms with Crippen molar-refractivity contribution in [2.45, 2.75) is 44.6 Å². The molecule has 0 spiro atoms. The number of halogens is 2. The molecule has 4 nitrogen and oxygen atoms in total. The molecule has 0 saturated carbocycles. The average Bonchev–Trinajstić information content (AvgIpc) is 2.19. The van der Waals surface area contributed by atoms with Gasteiger partial charge < -0.3 is 14.7 Å². The van der Waals surface area contributed by atoms with E-state index in [0.29, 0.717) is 6.54 Å². The molecule has 1 aliphatic rings. The quantitative estimate of drug-likeness (QED) is 0.754. The van der Waals surface area contributed by atoms with Crippen LogP contribution in [0.3, 0.4) is 0 Å². The maximum absolute atomic E-state index is 14.2. The Kier molecular flexibility index (Phi) is 4.41. The third-order valence-corrected chi connectivity index (χ3v) is 3.53. The molecular weight excluding hydrogens is 293 g/mol. The predicted molar refractivity (Wildman–Crippen MR) is 66.1 cm³/mol. The van der Waals surface area contributed by atoms with Crippen molar-refractivity contribution in [2.75, 3.05) is 18.4 Å². The lowest BCUT2D eigenvalue weighted by Crippen LogP contribution is -2.57. The number of alkyl halides is 2. The van der Waals surface area contributed by atoms with Gasteiger partial charge in [0, 0.05) is 11.9 Å². The summed E-state index contributed by atoms with van der Waals surface area (Å²) in [5.41, 5.74) is -2.39. The van der Waals surface area contributed by atoms with Crippen molar-refractivity contribution in [2.24, 2.45) is 0 Å². The second kappa shape index (κ2) is 5.10. The molecule has 100 valence electrons. The smallest absolute Gasteiger partial charge is 0.410 e. The molecule has 0 bridgehead atoms. The summed E-state index contributed by atoms with van der Waals surface area (Å²) in [4.78, 5) is 13.1. The molecule has 1 N–H and O–H groups in total. The zero-order valence-corrected chi connectivity index (χ0v) is 12.0. The number of hydrogen-bond donors (Lipinski definition) is 1. The van der Waals surface area contributed by atoms with Crippen LogP contribution >= 0.6 is 15.9 Å². The predicted octanol–water partition coefficient (Wildman–Crippen LogP) is 2.09. The Balaban J connectivity index is 2.66. The summed E-state index contributed by atoms with van der Waals surface area (Å²) >= 11 is 3.03. The standard InChI is InChI=1S/C11H19BrFNO3/c1-10(2,3)17-9(16)14-5-4-8(15)11(13,6-12)7-14/h8,15H,4-7H2,1-3H3. The summed E-state index contributed by atoms with van der Waals surface area (Å²) < 4.78 is 19.4. The Hall–Kier alpha value is -0.360. The van der Waals surface area contributed by atoms with Crippen molar-refractivity contribution >= 4 is 22.0 Å². The minimum atomic E-state index is -1.80. The van der Waals surface area contributed by atoms with Crippen molar-refractivity contribution in [1.82, 2.24) is 4.90 Å². The lowest BCUT2D eigenvalue weighted by atomic mass is 9.94. The van der Waals surface area contributed by atoms with E-state index in [2.05, 4.69) is 15.9 Å². The van der Waals surface area contributed by atoms with E-state index in [-0.39, 0.29) is 18.3 Å². The first-order chi connectivity index (χ1) is 7.68. The van der Waals surface area contributed by atoms with Crippen molar-refractivity contribution in [3.05, 3.63) is 0 Å². The molecule has 1 amide bonds. The molecule has 0 radical (unpaired) electrons. The van der Waals surface area contributed by atoms with Gasteiger partial charge in [-0.1, -0.05) is 15.9 Å². The van der Waals surface area contributed by atoms with Crippen LogP contribution in [-0.2, 0) is 4.74 Å². The molecule has 17 heavy (non-hydrogen) atoms. The zero-order valence-electron chi connectivity index (χ0n) is 10.4. The number of carbonyl (C=O) groups excluding carboxylic acids is 1. The Morgan fingerprint density at radius 1 is 1.65 bits per heavy atom. The van der Waals surface area contributed by atoms with Gasteiger partial charge >= 0.3 is 6.09 Å². The van der Waals surface area contributed by atoms with Gasteiger partial charge in [0.2, 0.25) is 0 Å². The highest BCUT2D eigenvalue weighted by atomic mass is 79.9. The van der Waals surface area contributed by atoms with Crippen LogP contribution in [0.4, 0.5) is 9.18 Å². The number of aliphatic hydroxyl groups excluding tert-OH is 1. The first kappa shape index (κ1) is 14.7. The first-order valence-corrected chi connectivity index (χ1v) is 6.71.